The Labute approximate surface area is 110 Å². The molecule has 0 saturated heterocycles. The summed E-state index contributed by atoms with van der Waals surface area (Å²) < 4.78 is 7.66. The maximum atomic E-state index is 5.94. The molecule has 0 fully saturated rings. The molecule has 3 aromatic rings. The van der Waals surface area contributed by atoms with Crippen LogP contribution in [0.1, 0.15) is 6.92 Å². The van der Waals surface area contributed by atoms with Crippen LogP contribution in [0.25, 0.3) is 10.8 Å². The lowest BCUT2D eigenvalue weighted by Crippen LogP contribution is -1.92. The number of fused-ring (bicyclic) bond motifs is 1. The molecule has 0 aliphatic rings. The number of anilines is 1. The zero-order chi connectivity index (χ0) is 13.2. The third kappa shape index (κ3) is 2.10. The molecule has 96 valence electrons. The van der Waals surface area contributed by atoms with Crippen LogP contribution in [-0.2, 0) is 6.54 Å². The third-order valence-corrected chi connectivity index (χ3v) is 2.97. The fourth-order valence-corrected chi connectivity index (χ4v) is 1.97. The highest BCUT2D eigenvalue weighted by Crippen LogP contribution is 2.32. The van der Waals surface area contributed by atoms with Crippen LogP contribution in [0.2, 0.25) is 0 Å². The number of aromatic nitrogens is 3. The fourth-order valence-electron chi connectivity index (χ4n) is 1.97. The average Bonchev–Trinajstić information content (AvgIpc) is 2.90. The number of ether oxygens (including phenoxy) is 1. The van der Waals surface area contributed by atoms with Crippen LogP contribution in [0.15, 0.2) is 43.0 Å². The first kappa shape index (κ1) is 11.5. The van der Waals surface area contributed by atoms with Gasteiger partial charge in [0.2, 0.25) is 0 Å². The predicted octanol–water partition coefficient (Wildman–Crippen LogP) is 2.83. The first-order chi connectivity index (χ1) is 9.28. The quantitative estimate of drug-likeness (QED) is 0.730. The summed E-state index contributed by atoms with van der Waals surface area (Å²) in [4.78, 5) is 4.12. The molecule has 5 heteroatoms. The maximum absolute atomic E-state index is 5.94. The van der Waals surface area contributed by atoms with Gasteiger partial charge in [-0.05, 0) is 25.1 Å². The molecule has 5 nitrogen and oxygen atoms in total. The van der Waals surface area contributed by atoms with E-state index in [9.17, 15) is 0 Å². The van der Waals surface area contributed by atoms with E-state index in [0.29, 0.717) is 11.4 Å². The van der Waals surface area contributed by atoms with E-state index in [1.54, 1.807) is 18.6 Å². The highest BCUT2D eigenvalue weighted by atomic mass is 16.5. The maximum Gasteiger partial charge on any atom is 0.165 e. The van der Waals surface area contributed by atoms with Crippen LogP contribution in [0.3, 0.4) is 0 Å². The molecule has 0 spiro atoms. The fraction of sp³-hybridized carbons (Fsp3) is 0.143. The number of nitrogens with zero attached hydrogens (tertiary/aromatic N) is 3. The Hall–Kier alpha value is -2.56. The highest BCUT2D eigenvalue weighted by Gasteiger charge is 2.07. The van der Waals surface area contributed by atoms with Gasteiger partial charge in [0.15, 0.2) is 5.75 Å². The SMILES string of the molecule is CCn1cc(Oc2ccc(N)c3ccncc23)cn1. The molecular formula is C14H14N4O. The van der Waals surface area contributed by atoms with E-state index in [1.807, 2.05) is 36.0 Å². The van der Waals surface area contributed by atoms with E-state index in [0.717, 1.165) is 23.1 Å². The van der Waals surface area contributed by atoms with E-state index < -0.39 is 0 Å². The largest absolute Gasteiger partial charge is 0.453 e. The molecule has 0 atom stereocenters. The van der Waals surface area contributed by atoms with Gasteiger partial charge in [-0.1, -0.05) is 0 Å². The molecule has 3 rings (SSSR count). The van der Waals surface area contributed by atoms with Crippen LogP contribution in [0.4, 0.5) is 5.69 Å². The van der Waals surface area contributed by atoms with Crippen molar-refractivity contribution in [1.82, 2.24) is 14.8 Å². The van der Waals surface area contributed by atoms with Gasteiger partial charge in [-0.25, -0.2) is 0 Å². The molecule has 0 saturated carbocycles. The van der Waals surface area contributed by atoms with Crippen molar-refractivity contribution in [2.75, 3.05) is 5.73 Å². The number of pyridine rings is 1. The lowest BCUT2D eigenvalue weighted by atomic mass is 10.1. The lowest BCUT2D eigenvalue weighted by molar-refractivity contribution is 0.487. The van der Waals surface area contributed by atoms with Crippen LogP contribution in [0.5, 0.6) is 11.5 Å². The number of hydrogen-bond acceptors (Lipinski definition) is 4. The average molecular weight is 254 g/mol. The van der Waals surface area contributed by atoms with Crippen LogP contribution in [0, 0.1) is 0 Å². The van der Waals surface area contributed by atoms with Crippen molar-refractivity contribution in [2.45, 2.75) is 13.5 Å². The smallest absolute Gasteiger partial charge is 0.165 e. The molecule has 2 heterocycles. The van der Waals surface area contributed by atoms with Gasteiger partial charge in [0.05, 0.1) is 12.4 Å². The number of hydrogen-bond donors (Lipinski definition) is 1. The van der Waals surface area contributed by atoms with E-state index in [2.05, 4.69) is 10.1 Å². The second-order valence-corrected chi connectivity index (χ2v) is 4.21. The van der Waals surface area contributed by atoms with Gasteiger partial charge in [0, 0.05) is 35.4 Å². The lowest BCUT2D eigenvalue weighted by Gasteiger charge is -2.08. The molecule has 0 aliphatic carbocycles. The van der Waals surface area contributed by atoms with E-state index in [4.69, 9.17) is 10.5 Å². The van der Waals surface area contributed by atoms with Gasteiger partial charge >= 0.3 is 0 Å². The second-order valence-electron chi connectivity index (χ2n) is 4.21. The molecule has 0 amide bonds. The summed E-state index contributed by atoms with van der Waals surface area (Å²) in [7, 11) is 0. The summed E-state index contributed by atoms with van der Waals surface area (Å²) in [6.45, 7) is 2.84. The molecule has 1 aromatic carbocycles. The Balaban J connectivity index is 2.03. The Morgan fingerprint density at radius 2 is 2.11 bits per heavy atom. The summed E-state index contributed by atoms with van der Waals surface area (Å²) >= 11 is 0. The van der Waals surface area contributed by atoms with E-state index in [1.165, 1.54) is 0 Å². The first-order valence-electron chi connectivity index (χ1n) is 6.10. The van der Waals surface area contributed by atoms with Crippen molar-refractivity contribution in [3.05, 3.63) is 43.0 Å². The molecule has 19 heavy (non-hydrogen) atoms. The zero-order valence-electron chi connectivity index (χ0n) is 10.6. The van der Waals surface area contributed by atoms with Gasteiger partial charge in [-0.2, -0.15) is 5.10 Å². The van der Waals surface area contributed by atoms with Gasteiger partial charge < -0.3 is 10.5 Å². The predicted molar refractivity (Wildman–Crippen MR) is 74.1 cm³/mol. The Morgan fingerprint density at radius 1 is 1.21 bits per heavy atom. The summed E-state index contributed by atoms with van der Waals surface area (Å²) in [5.74, 6) is 1.43. The minimum Gasteiger partial charge on any atom is -0.453 e. The van der Waals surface area contributed by atoms with E-state index in [-0.39, 0.29) is 0 Å². The molecule has 0 unspecified atom stereocenters. The minimum absolute atomic E-state index is 0.705. The minimum atomic E-state index is 0.705. The van der Waals surface area contributed by atoms with Gasteiger partial charge in [0.1, 0.15) is 5.75 Å². The molecule has 0 radical (unpaired) electrons. The Kier molecular flexibility index (Phi) is 2.79. The van der Waals surface area contributed by atoms with Crippen molar-refractivity contribution < 1.29 is 4.74 Å². The van der Waals surface area contributed by atoms with Gasteiger partial charge in [0.25, 0.3) is 0 Å². The first-order valence-corrected chi connectivity index (χ1v) is 6.10. The van der Waals surface area contributed by atoms with Crippen molar-refractivity contribution >= 4 is 16.5 Å². The normalized spacial score (nSPS) is 10.8. The van der Waals surface area contributed by atoms with Crippen molar-refractivity contribution in [3.8, 4) is 11.5 Å². The number of benzene rings is 1. The zero-order valence-corrected chi connectivity index (χ0v) is 10.6. The van der Waals surface area contributed by atoms with Crippen LogP contribution in [-0.4, -0.2) is 14.8 Å². The number of nitrogens with two attached hydrogens (primary N) is 1. The monoisotopic (exact) mass is 254 g/mol. The molecule has 2 aromatic heterocycles. The molecule has 0 aliphatic heterocycles. The Morgan fingerprint density at radius 3 is 2.89 bits per heavy atom. The van der Waals surface area contributed by atoms with Crippen LogP contribution < -0.4 is 10.5 Å². The molecule has 0 bridgehead atoms. The molecule has 2 N–H and O–H groups in total. The number of nitrogen functional groups attached to an aromatic ring is 1. The van der Waals surface area contributed by atoms with Crippen molar-refractivity contribution in [3.63, 3.8) is 0 Å². The number of aryl methyl sites for hydroxylation is 1. The Bertz CT molecular complexity index is 720. The topological polar surface area (TPSA) is 66.0 Å². The standard InChI is InChI=1S/C14H14N4O/c1-2-18-9-10(7-17-18)19-14-4-3-13(15)11-5-6-16-8-12(11)14/h3-9H,2,15H2,1H3. The number of rotatable bonds is 3. The highest BCUT2D eigenvalue weighted by molar-refractivity contribution is 5.96. The summed E-state index contributed by atoms with van der Waals surface area (Å²) in [5, 5.41) is 6.02. The molecular weight excluding hydrogens is 240 g/mol. The second kappa shape index (κ2) is 4.61. The van der Waals surface area contributed by atoms with Gasteiger partial charge in [-0.3, -0.25) is 9.67 Å². The summed E-state index contributed by atoms with van der Waals surface area (Å²) in [6, 6.07) is 5.57. The van der Waals surface area contributed by atoms with Crippen molar-refractivity contribution in [2.24, 2.45) is 0 Å². The summed E-state index contributed by atoms with van der Waals surface area (Å²) in [5.41, 5.74) is 6.66. The van der Waals surface area contributed by atoms with E-state index >= 15 is 0 Å². The van der Waals surface area contributed by atoms with Crippen molar-refractivity contribution in [1.29, 1.82) is 0 Å². The van der Waals surface area contributed by atoms with Gasteiger partial charge in [-0.15, -0.1) is 0 Å². The van der Waals surface area contributed by atoms with Crippen LogP contribution >= 0.6 is 0 Å². The third-order valence-electron chi connectivity index (χ3n) is 2.97. The summed E-state index contributed by atoms with van der Waals surface area (Å²) in [6.07, 6.45) is 7.03.